The van der Waals surface area contributed by atoms with Crippen LogP contribution in [0.25, 0.3) is 6.08 Å². The van der Waals surface area contributed by atoms with Gasteiger partial charge in [0.2, 0.25) is 13.0 Å². The van der Waals surface area contributed by atoms with E-state index >= 15 is 0 Å². The van der Waals surface area contributed by atoms with Crippen LogP contribution in [0.1, 0.15) is 5.56 Å². The summed E-state index contributed by atoms with van der Waals surface area (Å²) in [4.78, 5) is 15.6. The first kappa shape index (κ1) is 11.6. The molecule has 1 amide bonds. The molecule has 1 saturated heterocycles. The van der Waals surface area contributed by atoms with Gasteiger partial charge in [0.1, 0.15) is 0 Å². The van der Waals surface area contributed by atoms with Crippen LogP contribution in [0, 0.1) is 11.5 Å². The fourth-order valence-corrected chi connectivity index (χ4v) is 2.46. The van der Waals surface area contributed by atoms with Crippen molar-refractivity contribution in [1.29, 1.82) is 5.26 Å². The number of nitrogens with zero attached hydrogens (tertiary/aromatic N) is 2. The first-order valence-electron chi connectivity index (χ1n) is 5.33. The predicted octanol–water partition coefficient (Wildman–Crippen LogP) is 1.46. The largest absolute Gasteiger partial charge is 0.454 e. The summed E-state index contributed by atoms with van der Waals surface area (Å²) in [5, 5.41) is 11.2. The number of carbonyl (C=O) groups is 1. The Morgan fingerprint density at radius 1 is 1.42 bits per heavy atom. The lowest BCUT2D eigenvalue weighted by atomic mass is 10.2. The number of thioether (sulfide) groups is 1. The highest BCUT2D eigenvalue weighted by atomic mass is 32.2. The quantitative estimate of drug-likeness (QED) is 0.618. The van der Waals surface area contributed by atoms with Crippen molar-refractivity contribution in [2.75, 3.05) is 6.79 Å². The number of nitrogens with one attached hydrogen (secondary N) is 1. The Kier molecular flexibility index (Phi) is 2.85. The van der Waals surface area contributed by atoms with Crippen LogP contribution in [0.2, 0.25) is 0 Å². The maximum atomic E-state index is 11.7. The standard InChI is InChI=1S/C12H7N3O3S/c13-5-14-12-15-11(16)10(19-12)4-7-1-2-8-9(3-7)18-6-17-8/h1-4H,6H2,(H,14,15,16)/b10-4-. The van der Waals surface area contributed by atoms with E-state index in [1.165, 1.54) is 0 Å². The number of ether oxygens (including phenoxy) is 2. The Hall–Kier alpha value is -2.46. The fraction of sp³-hybridized carbons (Fsp3) is 0.0833. The molecule has 2 heterocycles. The van der Waals surface area contributed by atoms with E-state index in [4.69, 9.17) is 14.7 Å². The number of amides is 1. The van der Waals surface area contributed by atoms with Crippen molar-refractivity contribution in [1.82, 2.24) is 5.32 Å². The molecule has 7 heteroatoms. The number of nitriles is 1. The topological polar surface area (TPSA) is 83.7 Å². The summed E-state index contributed by atoms with van der Waals surface area (Å²) >= 11 is 1.13. The van der Waals surface area contributed by atoms with E-state index in [0.717, 1.165) is 17.3 Å². The molecule has 3 rings (SSSR count). The van der Waals surface area contributed by atoms with Gasteiger partial charge in [-0.3, -0.25) is 10.1 Å². The Bertz CT molecular complexity index is 661. The van der Waals surface area contributed by atoms with Gasteiger partial charge in [0.15, 0.2) is 16.7 Å². The van der Waals surface area contributed by atoms with Crippen molar-refractivity contribution in [3.8, 4) is 17.7 Å². The van der Waals surface area contributed by atoms with Gasteiger partial charge in [0.25, 0.3) is 5.91 Å². The number of fused-ring (bicyclic) bond motifs is 1. The first-order valence-corrected chi connectivity index (χ1v) is 6.15. The van der Waals surface area contributed by atoms with Crippen LogP contribution >= 0.6 is 11.8 Å². The number of carbonyl (C=O) groups excluding carboxylic acids is 1. The maximum Gasteiger partial charge on any atom is 0.264 e. The molecule has 1 fully saturated rings. The van der Waals surface area contributed by atoms with Crippen molar-refractivity contribution in [2.24, 2.45) is 4.99 Å². The lowest BCUT2D eigenvalue weighted by Crippen LogP contribution is -2.19. The third kappa shape index (κ3) is 2.26. The van der Waals surface area contributed by atoms with E-state index in [1.54, 1.807) is 24.4 Å². The lowest BCUT2D eigenvalue weighted by molar-refractivity contribution is -0.115. The molecule has 94 valence electrons. The van der Waals surface area contributed by atoms with Gasteiger partial charge in [0.05, 0.1) is 4.91 Å². The van der Waals surface area contributed by atoms with Crippen molar-refractivity contribution >= 4 is 28.9 Å². The second-order valence-electron chi connectivity index (χ2n) is 3.69. The first-order chi connectivity index (χ1) is 9.26. The van der Waals surface area contributed by atoms with E-state index in [9.17, 15) is 4.79 Å². The van der Waals surface area contributed by atoms with Crippen LogP contribution in [0.3, 0.4) is 0 Å². The van der Waals surface area contributed by atoms with E-state index in [0.29, 0.717) is 21.6 Å². The van der Waals surface area contributed by atoms with Gasteiger partial charge in [-0.15, -0.1) is 4.99 Å². The van der Waals surface area contributed by atoms with Crippen molar-refractivity contribution in [3.05, 3.63) is 28.7 Å². The highest BCUT2D eigenvalue weighted by Gasteiger charge is 2.24. The average Bonchev–Trinajstić information content (AvgIpc) is 2.97. The minimum absolute atomic E-state index is 0.212. The van der Waals surface area contributed by atoms with Crippen molar-refractivity contribution < 1.29 is 14.3 Å². The highest BCUT2D eigenvalue weighted by Crippen LogP contribution is 2.34. The third-order valence-corrected chi connectivity index (χ3v) is 3.41. The average molecular weight is 273 g/mol. The third-order valence-electron chi connectivity index (χ3n) is 2.50. The molecule has 0 spiro atoms. The lowest BCUT2D eigenvalue weighted by Gasteiger charge is -1.98. The van der Waals surface area contributed by atoms with Crippen LogP contribution < -0.4 is 14.8 Å². The number of aliphatic imine (C=N–C) groups is 1. The molecule has 0 aliphatic carbocycles. The fourth-order valence-electron chi connectivity index (χ4n) is 1.68. The Labute approximate surface area is 112 Å². The molecule has 2 aliphatic heterocycles. The molecular weight excluding hydrogens is 266 g/mol. The highest BCUT2D eigenvalue weighted by molar-refractivity contribution is 8.18. The molecule has 2 aliphatic rings. The molecule has 19 heavy (non-hydrogen) atoms. The summed E-state index contributed by atoms with van der Waals surface area (Å²) in [5.74, 6) is 1.08. The van der Waals surface area contributed by atoms with E-state index in [-0.39, 0.29) is 12.7 Å². The number of hydrogen-bond donors (Lipinski definition) is 1. The van der Waals surface area contributed by atoms with Gasteiger partial charge >= 0.3 is 0 Å². The van der Waals surface area contributed by atoms with Gasteiger partial charge in [0, 0.05) is 0 Å². The van der Waals surface area contributed by atoms with Crippen molar-refractivity contribution in [3.63, 3.8) is 0 Å². The molecular formula is C12H7N3O3S. The minimum atomic E-state index is -0.267. The predicted molar refractivity (Wildman–Crippen MR) is 69.3 cm³/mol. The van der Waals surface area contributed by atoms with Crippen molar-refractivity contribution in [2.45, 2.75) is 0 Å². The van der Waals surface area contributed by atoms with Gasteiger partial charge in [-0.05, 0) is 35.5 Å². The Morgan fingerprint density at radius 3 is 3.11 bits per heavy atom. The number of benzene rings is 1. The molecule has 0 unspecified atom stereocenters. The minimum Gasteiger partial charge on any atom is -0.454 e. The second-order valence-corrected chi connectivity index (χ2v) is 4.73. The monoisotopic (exact) mass is 273 g/mol. The molecule has 0 radical (unpaired) electrons. The van der Waals surface area contributed by atoms with E-state index in [2.05, 4.69) is 10.3 Å². The van der Waals surface area contributed by atoms with Gasteiger partial charge in [-0.2, -0.15) is 5.26 Å². The molecule has 0 bridgehead atoms. The van der Waals surface area contributed by atoms with Crippen LogP contribution in [0.15, 0.2) is 28.1 Å². The maximum absolute atomic E-state index is 11.7. The molecule has 6 nitrogen and oxygen atoms in total. The zero-order chi connectivity index (χ0) is 13.2. The summed E-state index contributed by atoms with van der Waals surface area (Å²) < 4.78 is 10.5. The van der Waals surface area contributed by atoms with Crippen LogP contribution in [-0.2, 0) is 4.79 Å². The Balaban J connectivity index is 1.88. The molecule has 1 aromatic rings. The van der Waals surface area contributed by atoms with E-state index in [1.807, 2.05) is 6.07 Å². The van der Waals surface area contributed by atoms with E-state index < -0.39 is 0 Å². The summed E-state index contributed by atoms with van der Waals surface area (Å²) in [5.41, 5.74) is 0.820. The smallest absolute Gasteiger partial charge is 0.264 e. The van der Waals surface area contributed by atoms with Gasteiger partial charge < -0.3 is 9.47 Å². The molecule has 1 N–H and O–H groups in total. The molecule has 0 atom stereocenters. The SMILES string of the molecule is N#CN=C1NC(=O)/C(=C/c2ccc3c(c2)OCO3)S1. The molecule has 1 aromatic carbocycles. The Morgan fingerprint density at radius 2 is 2.26 bits per heavy atom. The zero-order valence-electron chi connectivity index (χ0n) is 9.54. The van der Waals surface area contributed by atoms with Crippen LogP contribution in [0.5, 0.6) is 11.5 Å². The number of rotatable bonds is 1. The summed E-state index contributed by atoms with van der Waals surface area (Å²) in [6.45, 7) is 0.212. The van der Waals surface area contributed by atoms with Crippen LogP contribution in [0.4, 0.5) is 0 Å². The molecule has 0 aromatic heterocycles. The summed E-state index contributed by atoms with van der Waals surface area (Å²) in [7, 11) is 0. The van der Waals surface area contributed by atoms with Crippen LogP contribution in [-0.4, -0.2) is 17.9 Å². The zero-order valence-corrected chi connectivity index (χ0v) is 10.4. The summed E-state index contributed by atoms with van der Waals surface area (Å²) in [6, 6.07) is 5.41. The number of amidine groups is 1. The van der Waals surface area contributed by atoms with Gasteiger partial charge in [-0.25, -0.2) is 0 Å². The normalized spacial score (nSPS) is 20.7. The summed E-state index contributed by atoms with van der Waals surface area (Å²) in [6.07, 6.45) is 3.35. The second kappa shape index (κ2) is 4.66. The molecule has 0 saturated carbocycles. The number of hydrogen-bond acceptors (Lipinski definition) is 6. The van der Waals surface area contributed by atoms with Gasteiger partial charge in [-0.1, -0.05) is 6.07 Å².